The van der Waals surface area contributed by atoms with E-state index in [9.17, 15) is 18.0 Å². The van der Waals surface area contributed by atoms with Crippen LogP contribution in [0.5, 0.6) is 0 Å². The van der Waals surface area contributed by atoms with E-state index in [-0.39, 0.29) is 11.4 Å². The Hall–Kier alpha value is -3.02. The van der Waals surface area contributed by atoms with Crippen LogP contribution in [-0.2, 0) is 22.2 Å². The topological polar surface area (TPSA) is 81.5 Å². The van der Waals surface area contributed by atoms with E-state index in [0.717, 1.165) is 31.8 Å². The van der Waals surface area contributed by atoms with E-state index in [0.29, 0.717) is 61.8 Å². The fourth-order valence-electron chi connectivity index (χ4n) is 3.93. The number of hydrogen-bond donors (Lipinski definition) is 1. The number of morpholine rings is 1. The van der Waals surface area contributed by atoms with Crippen LogP contribution in [0.3, 0.4) is 0 Å². The minimum atomic E-state index is -4.41. The van der Waals surface area contributed by atoms with E-state index in [1.165, 1.54) is 18.3 Å². The van der Waals surface area contributed by atoms with Crippen molar-refractivity contribution in [2.75, 3.05) is 57.9 Å². The number of aromatic nitrogens is 3. The van der Waals surface area contributed by atoms with Gasteiger partial charge in [-0.25, -0.2) is 4.98 Å². The van der Waals surface area contributed by atoms with Gasteiger partial charge < -0.3 is 19.4 Å². The van der Waals surface area contributed by atoms with Gasteiger partial charge in [-0.05, 0) is 25.1 Å². The molecule has 1 aromatic carbocycles. The Bertz CT molecular complexity index is 1190. The lowest BCUT2D eigenvalue weighted by Gasteiger charge is -2.26. The zero-order valence-corrected chi connectivity index (χ0v) is 19.5. The van der Waals surface area contributed by atoms with Gasteiger partial charge in [-0.15, -0.1) is 0 Å². The van der Waals surface area contributed by atoms with Crippen molar-refractivity contribution in [3.05, 3.63) is 52.4 Å². The number of halogens is 3. The quantitative estimate of drug-likeness (QED) is 0.460. The van der Waals surface area contributed by atoms with E-state index in [1.54, 1.807) is 10.6 Å². The maximum absolute atomic E-state index is 13.3. The van der Waals surface area contributed by atoms with Gasteiger partial charge in [-0.3, -0.25) is 14.7 Å². The van der Waals surface area contributed by atoms with E-state index < -0.39 is 11.7 Å². The van der Waals surface area contributed by atoms with Gasteiger partial charge in [-0.2, -0.15) is 13.2 Å². The summed E-state index contributed by atoms with van der Waals surface area (Å²) in [6.07, 6.45) is -2.88. The van der Waals surface area contributed by atoms with Crippen LogP contribution in [0.1, 0.15) is 12.5 Å². The fourth-order valence-corrected chi connectivity index (χ4v) is 3.93. The van der Waals surface area contributed by atoms with Gasteiger partial charge in [0.15, 0.2) is 5.82 Å². The van der Waals surface area contributed by atoms with Gasteiger partial charge in [0.05, 0.1) is 42.8 Å². The molecule has 35 heavy (non-hydrogen) atoms. The standard InChI is InChI=1S/C24H28F3N5O3/c1-2-34-14-11-32-21-15-19(17-3-5-18(6-4-17)24(25,26)27)29-16-20(21)30-22(23(32)33)28-7-8-31-9-12-35-13-10-31/h3-6,15-16H,2,7-14H2,1H3,(H,28,30). The lowest BCUT2D eigenvalue weighted by molar-refractivity contribution is -0.137. The molecule has 3 heterocycles. The van der Waals surface area contributed by atoms with Crippen molar-refractivity contribution in [2.24, 2.45) is 0 Å². The second kappa shape index (κ2) is 11.1. The molecule has 2 aromatic heterocycles. The number of fused-ring (bicyclic) bond motifs is 1. The summed E-state index contributed by atoms with van der Waals surface area (Å²) in [5.74, 6) is 0.228. The summed E-state index contributed by atoms with van der Waals surface area (Å²) in [6.45, 7) is 7.43. The zero-order chi connectivity index (χ0) is 24.8. The van der Waals surface area contributed by atoms with Gasteiger partial charge in [0.2, 0.25) is 0 Å². The second-order valence-corrected chi connectivity index (χ2v) is 8.13. The first-order valence-electron chi connectivity index (χ1n) is 11.6. The highest BCUT2D eigenvalue weighted by molar-refractivity contribution is 5.80. The molecule has 3 aromatic rings. The highest BCUT2D eigenvalue weighted by atomic mass is 19.4. The summed E-state index contributed by atoms with van der Waals surface area (Å²) in [5.41, 5.74) is 0.986. The van der Waals surface area contributed by atoms with Crippen molar-refractivity contribution in [3.8, 4) is 11.3 Å². The molecule has 1 aliphatic rings. The third-order valence-electron chi connectivity index (χ3n) is 5.83. The lowest BCUT2D eigenvalue weighted by atomic mass is 10.1. The van der Waals surface area contributed by atoms with E-state index in [1.807, 2.05) is 6.92 Å². The molecule has 1 N–H and O–H groups in total. The summed E-state index contributed by atoms with van der Waals surface area (Å²) in [5, 5.41) is 3.15. The van der Waals surface area contributed by atoms with Crippen LogP contribution >= 0.6 is 0 Å². The molecule has 0 unspecified atom stereocenters. The van der Waals surface area contributed by atoms with Crippen LogP contribution in [-0.4, -0.2) is 72.0 Å². The average Bonchev–Trinajstić information content (AvgIpc) is 2.86. The third-order valence-corrected chi connectivity index (χ3v) is 5.83. The van der Waals surface area contributed by atoms with E-state index in [4.69, 9.17) is 9.47 Å². The van der Waals surface area contributed by atoms with Crippen LogP contribution in [0, 0.1) is 0 Å². The lowest BCUT2D eigenvalue weighted by Crippen LogP contribution is -2.39. The first-order chi connectivity index (χ1) is 16.9. The number of nitrogens with zero attached hydrogens (tertiary/aromatic N) is 4. The molecule has 0 saturated carbocycles. The van der Waals surface area contributed by atoms with E-state index in [2.05, 4.69) is 20.2 Å². The number of alkyl halides is 3. The van der Waals surface area contributed by atoms with Crippen molar-refractivity contribution < 1.29 is 22.6 Å². The molecule has 0 amide bonds. The van der Waals surface area contributed by atoms with Gasteiger partial charge >= 0.3 is 6.18 Å². The first kappa shape index (κ1) is 25.1. The molecule has 0 radical (unpaired) electrons. The minimum Gasteiger partial charge on any atom is -0.380 e. The summed E-state index contributed by atoms with van der Waals surface area (Å²) in [7, 11) is 0. The Kier molecular flexibility index (Phi) is 7.99. The SMILES string of the molecule is CCOCCn1c(=O)c(NCCN2CCOCC2)nc2cnc(-c3ccc(C(F)(F)F)cc3)cc21. The van der Waals surface area contributed by atoms with Crippen molar-refractivity contribution >= 4 is 16.9 Å². The second-order valence-electron chi connectivity index (χ2n) is 8.13. The molecule has 1 aliphatic heterocycles. The van der Waals surface area contributed by atoms with Crippen LogP contribution in [0.2, 0.25) is 0 Å². The average molecular weight is 492 g/mol. The maximum Gasteiger partial charge on any atom is 0.416 e. The summed E-state index contributed by atoms with van der Waals surface area (Å²) >= 11 is 0. The van der Waals surface area contributed by atoms with Crippen molar-refractivity contribution in [1.29, 1.82) is 0 Å². The third kappa shape index (κ3) is 6.16. The van der Waals surface area contributed by atoms with Gasteiger partial charge in [-0.1, -0.05) is 12.1 Å². The van der Waals surface area contributed by atoms with Crippen LogP contribution in [0.25, 0.3) is 22.3 Å². The number of hydrogen-bond acceptors (Lipinski definition) is 7. The fraction of sp³-hybridized carbons (Fsp3) is 0.458. The highest BCUT2D eigenvalue weighted by Gasteiger charge is 2.30. The molecule has 0 aliphatic carbocycles. The molecule has 1 fully saturated rings. The number of rotatable bonds is 9. The number of ether oxygens (including phenoxy) is 2. The Morgan fingerprint density at radius 3 is 2.57 bits per heavy atom. The van der Waals surface area contributed by atoms with Crippen molar-refractivity contribution in [2.45, 2.75) is 19.6 Å². The Labute approximate surface area is 200 Å². The molecule has 4 rings (SSSR count). The molecule has 188 valence electrons. The minimum absolute atomic E-state index is 0.228. The van der Waals surface area contributed by atoms with Crippen LogP contribution in [0.15, 0.2) is 41.3 Å². The number of pyridine rings is 1. The predicted octanol–water partition coefficient (Wildman–Crippen LogP) is 3.26. The zero-order valence-electron chi connectivity index (χ0n) is 19.5. The molecule has 0 spiro atoms. The summed E-state index contributed by atoms with van der Waals surface area (Å²) < 4.78 is 51.2. The van der Waals surface area contributed by atoms with E-state index >= 15 is 0 Å². The summed E-state index contributed by atoms with van der Waals surface area (Å²) in [4.78, 5) is 24.4. The largest absolute Gasteiger partial charge is 0.416 e. The Balaban J connectivity index is 1.62. The Morgan fingerprint density at radius 2 is 1.89 bits per heavy atom. The van der Waals surface area contributed by atoms with Crippen molar-refractivity contribution in [3.63, 3.8) is 0 Å². The molecule has 11 heteroatoms. The highest BCUT2D eigenvalue weighted by Crippen LogP contribution is 2.31. The molecule has 0 atom stereocenters. The van der Waals surface area contributed by atoms with Gasteiger partial charge in [0.1, 0.15) is 5.52 Å². The van der Waals surface area contributed by atoms with Crippen LogP contribution in [0.4, 0.5) is 19.0 Å². The molecule has 8 nitrogen and oxygen atoms in total. The monoisotopic (exact) mass is 491 g/mol. The first-order valence-corrected chi connectivity index (χ1v) is 11.6. The number of anilines is 1. The van der Waals surface area contributed by atoms with Gasteiger partial charge in [0.25, 0.3) is 5.56 Å². The van der Waals surface area contributed by atoms with Crippen LogP contribution < -0.4 is 10.9 Å². The number of benzene rings is 1. The number of nitrogens with one attached hydrogen (secondary N) is 1. The molecular weight excluding hydrogens is 463 g/mol. The normalized spacial score (nSPS) is 15.0. The summed E-state index contributed by atoms with van der Waals surface area (Å²) in [6, 6.07) is 6.45. The van der Waals surface area contributed by atoms with Crippen molar-refractivity contribution in [1.82, 2.24) is 19.4 Å². The Morgan fingerprint density at radius 1 is 1.14 bits per heavy atom. The molecule has 1 saturated heterocycles. The van der Waals surface area contributed by atoms with Gasteiger partial charge in [0, 0.05) is 44.9 Å². The smallest absolute Gasteiger partial charge is 0.380 e. The molecule has 0 bridgehead atoms. The molecular formula is C24H28F3N5O3. The maximum atomic E-state index is 13.3. The predicted molar refractivity (Wildman–Crippen MR) is 126 cm³/mol.